The minimum absolute atomic E-state index is 0.121. The molecule has 0 aliphatic rings. The summed E-state index contributed by atoms with van der Waals surface area (Å²) in [5.41, 5.74) is 2.20. The molecular weight excluding hydrogens is 296 g/mol. The minimum Gasteiger partial charge on any atom is -0.480 e. The third-order valence-electron chi connectivity index (χ3n) is 3.40. The molecule has 0 fully saturated rings. The van der Waals surface area contributed by atoms with E-state index in [1.807, 2.05) is 26.5 Å². The van der Waals surface area contributed by atoms with Crippen LogP contribution < -0.4 is 4.90 Å². The van der Waals surface area contributed by atoms with Crippen LogP contribution in [0, 0.1) is 0 Å². The van der Waals surface area contributed by atoms with Crippen molar-refractivity contribution in [2.45, 2.75) is 13.0 Å². The van der Waals surface area contributed by atoms with E-state index in [9.17, 15) is 4.79 Å². The van der Waals surface area contributed by atoms with Crippen LogP contribution in [0.25, 0.3) is 0 Å². The van der Waals surface area contributed by atoms with Gasteiger partial charge in [0.05, 0.1) is 6.20 Å². The number of aliphatic carboxylic acids is 1. The van der Waals surface area contributed by atoms with Gasteiger partial charge in [-0.2, -0.15) is 5.10 Å². The van der Waals surface area contributed by atoms with Crippen LogP contribution in [0.2, 0.25) is 0 Å². The van der Waals surface area contributed by atoms with Crippen molar-refractivity contribution >= 4 is 11.9 Å². The molecule has 0 unspecified atom stereocenters. The van der Waals surface area contributed by atoms with Crippen molar-refractivity contribution in [3.63, 3.8) is 0 Å². The molecule has 0 aliphatic carbocycles. The Morgan fingerprint density at radius 1 is 1.22 bits per heavy atom. The van der Waals surface area contributed by atoms with Crippen LogP contribution in [-0.4, -0.2) is 62.9 Å². The van der Waals surface area contributed by atoms with Gasteiger partial charge in [0.1, 0.15) is 6.54 Å². The molecule has 0 aliphatic heterocycles. The predicted molar refractivity (Wildman–Crippen MR) is 86.2 cm³/mol. The fourth-order valence-electron chi connectivity index (χ4n) is 2.21. The Hall–Kier alpha value is -2.48. The normalized spacial score (nSPS) is 11.0. The van der Waals surface area contributed by atoms with Gasteiger partial charge in [-0.05, 0) is 19.0 Å². The van der Waals surface area contributed by atoms with Crippen molar-refractivity contribution in [2.75, 3.05) is 32.1 Å². The number of aromatic nitrogens is 4. The monoisotopic (exact) mass is 318 g/mol. The number of aryl methyl sites for hydroxylation is 1. The maximum absolute atomic E-state index is 10.7. The molecule has 0 saturated heterocycles. The van der Waals surface area contributed by atoms with Crippen molar-refractivity contribution in [1.82, 2.24) is 24.6 Å². The van der Waals surface area contributed by atoms with Gasteiger partial charge in [0, 0.05) is 51.3 Å². The molecule has 0 aromatic carbocycles. The third kappa shape index (κ3) is 5.33. The first kappa shape index (κ1) is 16.9. The zero-order chi connectivity index (χ0) is 16.8. The number of hydrogen-bond acceptors (Lipinski definition) is 6. The molecule has 2 aromatic rings. The molecule has 0 radical (unpaired) electrons. The summed E-state index contributed by atoms with van der Waals surface area (Å²) in [5.74, 6) is -0.496. The zero-order valence-electron chi connectivity index (χ0n) is 13.7. The van der Waals surface area contributed by atoms with Crippen molar-refractivity contribution in [1.29, 1.82) is 0 Å². The van der Waals surface area contributed by atoms with Crippen molar-refractivity contribution in [3.05, 3.63) is 35.9 Å². The minimum atomic E-state index is -0.907. The first-order chi connectivity index (χ1) is 10.9. The Morgan fingerprint density at radius 3 is 2.48 bits per heavy atom. The van der Waals surface area contributed by atoms with Crippen molar-refractivity contribution in [2.24, 2.45) is 7.05 Å². The van der Waals surface area contributed by atoms with Crippen LogP contribution in [-0.2, 0) is 24.8 Å². The van der Waals surface area contributed by atoms with Crippen LogP contribution in [0.5, 0.6) is 0 Å². The van der Waals surface area contributed by atoms with Gasteiger partial charge in [0.2, 0.25) is 5.95 Å². The summed E-state index contributed by atoms with van der Waals surface area (Å²) in [5, 5.41) is 12.9. The lowest BCUT2D eigenvalue weighted by molar-refractivity contribution is -0.135. The number of carbonyl (C=O) groups is 1. The summed E-state index contributed by atoms with van der Waals surface area (Å²) >= 11 is 0. The quantitative estimate of drug-likeness (QED) is 0.754. The van der Waals surface area contributed by atoms with Gasteiger partial charge in [-0.3, -0.25) is 9.48 Å². The van der Waals surface area contributed by atoms with E-state index in [1.54, 1.807) is 24.1 Å². The Bertz CT molecular complexity index is 640. The van der Waals surface area contributed by atoms with Gasteiger partial charge >= 0.3 is 5.97 Å². The van der Waals surface area contributed by atoms with E-state index >= 15 is 0 Å². The van der Waals surface area contributed by atoms with Gasteiger partial charge in [-0.1, -0.05) is 0 Å². The fraction of sp³-hybridized carbons (Fsp3) is 0.467. The lowest BCUT2D eigenvalue weighted by Crippen LogP contribution is -2.27. The van der Waals surface area contributed by atoms with Gasteiger partial charge in [-0.15, -0.1) is 0 Å². The number of carboxylic acid groups (broad SMARTS) is 1. The van der Waals surface area contributed by atoms with E-state index in [2.05, 4.69) is 20.0 Å². The van der Waals surface area contributed by atoms with Gasteiger partial charge in [0.15, 0.2) is 0 Å². The predicted octanol–water partition coefficient (Wildman–Crippen LogP) is 0.405. The smallest absolute Gasteiger partial charge is 0.323 e. The standard InChI is InChI=1S/C15H22N6O2/c1-19(5-4-12-8-18-21(3)10-12)9-13-6-16-15(17-7-13)20(2)11-14(22)23/h6-8,10H,4-5,9,11H2,1-3H3,(H,22,23). The molecule has 2 aromatic heterocycles. The average molecular weight is 318 g/mol. The second-order valence-corrected chi connectivity index (χ2v) is 5.65. The molecule has 8 heteroatoms. The molecule has 124 valence electrons. The summed E-state index contributed by atoms with van der Waals surface area (Å²) in [6.07, 6.45) is 8.31. The number of hydrogen-bond donors (Lipinski definition) is 1. The van der Waals surface area contributed by atoms with Crippen LogP contribution >= 0.6 is 0 Å². The summed E-state index contributed by atoms with van der Waals surface area (Å²) < 4.78 is 1.80. The number of carboxylic acids is 1. The second-order valence-electron chi connectivity index (χ2n) is 5.65. The van der Waals surface area contributed by atoms with Gasteiger partial charge in [-0.25, -0.2) is 9.97 Å². The molecule has 8 nitrogen and oxygen atoms in total. The van der Waals surface area contributed by atoms with Crippen LogP contribution in [0.1, 0.15) is 11.1 Å². The molecule has 0 atom stereocenters. The third-order valence-corrected chi connectivity index (χ3v) is 3.40. The number of likely N-dealkylation sites (N-methyl/N-ethyl adjacent to an activating group) is 2. The molecule has 2 heterocycles. The lowest BCUT2D eigenvalue weighted by Gasteiger charge is -2.17. The van der Waals surface area contributed by atoms with Gasteiger partial charge < -0.3 is 14.9 Å². The van der Waals surface area contributed by atoms with E-state index < -0.39 is 5.97 Å². The maximum atomic E-state index is 10.7. The molecule has 0 amide bonds. The zero-order valence-corrected chi connectivity index (χ0v) is 13.7. The van der Waals surface area contributed by atoms with E-state index in [0.29, 0.717) is 5.95 Å². The van der Waals surface area contributed by atoms with Crippen molar-refractivity contribution in [3.8, 4) is 0 Å². The lowest BCUT2D eigenvalue weighted by atomic mass is 10.2. The summed E-state index contributed by atoms with van der Waals surface area (Å²) in [6, 6.07) is 0. The first-order valence-electron chi connectivity index (χ1n) is 7.34. The molecule has 0 spiro atoms. The Kier molecular flexibility index (Phi) is 5.64. The summed E-state index contributed by atoms with van der Waals surface area (Å²) in [7, 11) is 5.61. The molecule has 2 rings (SSSR count). The number of nitrogens with zero attached hydrogens (tertiary/aromatic N) is 6. The summed E-state index contributed by atoms with van der Waals surface area (Å²) in [6.45, 7) is 1.53. The Morgan fingerprint density at radius 2 is 1.91 bits per heavy atom. The molecule has 23 heavy (non-hydrogen) atoms. The van der Waals surface area contributed by atoms with E-state index in [-0.39, 0.29) is 6.54 Å². The fourth-order valence-corrected chi connectivity index (χ4v) is 2.21. The highest BCUT2D eigenvalue weighted by atomic mass is 16.4. The SMILES string of the molecule is CN(CCc1cnn(C)c1)Cc1cnc(N(C)CC(=O)O)nc1. The highest BCUT2D eigenvalue weighted by Crippen LogP contribution is 2.07. The highest BCUT2D eigenvalue weighted by Gasteiger charge is 2.09. The first-order valence-corrected chi connectivity index (χ1v) is 7.34. The maximum Gasteiger partial charge on any atom is 0.323 e. The Labute approximate surface area is 135 Å². The van der Waals surface area contributed by atoms with E-state index in [4.69, 9.17) is 5.11 Å². The Balaban J connectivity index is 1.83. The average Bonchev–Trinajstić information content (AvgIpc) is 2.91. The van der Waals surface area contributed by atoms with Crippen LogP contribution in [0.15, 0.2) is 24.8 Å². The van der Waals surface area contributed by atoms with E-state index in [0.717, 1.165) is 25.1 Å². The highest BCUT2D eigenvalue weighted by molar-refractivity contribution is 5.72. The number of rotatable bonds is 8. The van der Waals surface area contributed by atoms with E-state index in [1.165, 1.54) is 10.5 Å². The number of anilines is 1. The van der Waals surface area contributed by atoms with Crippen LogP contribution in [0.3, 0.4) is 0 Å². The second kappa shape index (κ2) is 7.68. The molecule has 1 N–H and O–H groups in total. The molecular formula is C15H22N6O2. The van der Waals surface area contributed by atoms with Gasteiger partial charge in [0.25, 0.3) is 0 Å². The topological polar surface area (TPSA) is 87.4 Å². The van der Waals surface area contributed by atoms with Crippen LogP contribution in [0.4, 0.5) is 5.95 Å². The summed E-state index contributed by atoms with van der Waals surface area (Å²) in [4.78, 5) is 22.8. The molecule has 0 saturated carbocycles. The largest absolute Gasteiger partial charge is 0.480 e. The van der Waals surface area contributed by atoms with Crippen molar-refractivity contribution < 1.29 is 9.90 Å². The molecule has 0 bridgehead atoms.